The first-order chi connectivity index (χ1) is 14.1. The summed E-state index contributed by atoms with van der Waals surface area (Å²) in [5.74, 6) is -0.131. The van der Waals surface area contributed by atoms with Gasteiger partial charge in [0.15, 0.2) is 0 Å². The summed E-state index contributed by atoms with van der Waals surface area (Å²) in [4.78, 5) is 18.5. The number of amides is 1. The minimum atomic E-state index is -0.208. The molecule has 1 aliphatic rings. The molecule has 3 aromatic rings. The van der Waals surface area contributed by atoms with E-state index in [1.165, 1.54) is 12.1 Å². The van der Waals surface area contributed by atoms with Crippen LogP contribution in [0.15, 0.2) is 54.6 Å². The number of aromatic amines is 1. The number of carbonyl (C=O) groups excluding carboxylic acids is 1. The Balaban J connectivity index is 1.41. The van der Waals surface area contributed by atoms with Gasteiger partial charge < -0.3 is 15.2 Å². The number of fused-ring (bicyclic) bond motifs is 1. The standard InChI is InChI=1S/C24H28FN3O/c1-2-28(24(29)23-14-18-6-3-4-9-22(18)27-23)21-8-5-7-20(15-21)26-16-17-10-12-19(25)13-11-17/h3-4,6,9-14,20-21,26-27H,2,5,7-8,15-16H2,1H3/t20-,21+/m1/s1. The molecule has 0 saturated heterocycles. The van der Waals surface area contributed by atoms with Crippen molar-refractivity contribution < 1.29 is 9.18 Å². The third kappa shape index (κ3) is 4.51. The highest BCUT2D eigenvalue weighted by atomic mass is 19.1. The van der Waals surface area contributed by atoms with Gasteiger partial charge in [-0.2, -0.15) is 0 Å². The molecule has 2 atom stereocenters. The van der Waals surface area contributed by atoms with E-state index >= 15 is 0 Å². The number of benzene rings is 2. The van der Waals surface area contributed by atoms with Crippen LogP contribution >= 0.6 is 0 Å². The number of nitrogens with one attached hydrogen (secondary N) is 2. The van der Waals surface area contributed by atoms with Crippen LogP contribution in [0.25, 0.3) is 10.9 Å². The first-order valence-electron chi connectivity index (χ1n) is 10.5. The van der Waals surface area contributed by atoms with E-state index in [0.717, 1.165) is 48.7 Å². The number of carbonyl (C=O) groups is 1. The second kappa shape index (κ2) is 8.78. The zero-order valence-corrected chi connectivity index (χ0v) is 16.8. The molecular formula is C24H28FN3O. The fraction of sp³-hybridized carbons (Fsp3) is 0.375. The molecule has 4 nitrogen and oxygen atoms in total. The van der Waals surface area contributed by atoms with E-state index in [4.69, 9.17) is 0 Å². The lowest BCUT2D eigenvalue weighted by Crippen LogP contribution is -2.46. The molecule has 1 heterocycles. The smallest absolute Gasteiger partial charge is 0.270 e. The quantitative estimate of drug-likeness (QED) is 0.628. The second-order valence-corrected chi connectivity index (χ2v) is 7.89. The minimum absolute atomic E-state index is 0.0767. The van der Waals surface area contributed by atoms with Crippen molar-refractivity contribution in [3.63, 3.8) is 0 Å². The number of hydrogen-bond acceptors (Lipinski definition) is 2. The van der Waals surface area contributed by atoms with Crippen molar-refractivity contribution in [2.75, 3.05) is 6.54 Å². The van der Waals surface area contributed by atoms with Gasteiger partial charge in [0.2, 0.25) is 0 Å². The van der Waals surface area contributed by atoms with Crippen LogP contribution in [0.4, 0.5) is 4.39 Å². The second-order valence-electron chi connectivity index (χ2n) is 7.89. The molecule has 152 valence electrons. The van der Waals surface area contributed by atoms with Gasteiger partial charge in [-0.15, -0.1) is 0 Å². The number of rotatable bonds is 6. The third-order valence-corrected chi connectivity index (χ3v) is 5.96. The van der Waals surface area contributed by atoms with E-state index in [0.29, 0.717) is 18.3 Å². The maximum Gasteiger partial charge on any atom is 0.270 e. The van der Waals surface area contributed by atoms with Crippen molar-refractivity contribution in [1.82, 2.24) is 15.2 Å². The fourth-order valence-corrected chi connectivity index (χ4v) is 4.41. The van der Waals surface area contributed by atoms with Crippen LogP contribution in [0.2, 0.25) is 0 Å². The van der Waals surface area contributed by atoms with Gasteiger partial charge in [0.25, 0.3) is 5.91 Å². The Bertz CT molecular complexity index is 933. The average molecular weight is 394 g/mol. The van der Waals surface area contributed by atoms with Crippen LogP contribution in [-0.2, 0) is 6.54 Å². The van der Waals surface area contributed by atoms with Crippen LogP contribution in [0.1, 0.15) is 48.7 Å². The van der Waals surface area contributed by atoms with Crippen molar-refractivity contribution >= 4 is 16.8 Å². The van der Waals surface area contributed by atoms with Crippen molar-refractivity contribution in [2.24, 2.45) is 0 Å². The van der Waals surface area contributed by atoms with E-state index in [9.17, 15) is 9.18 Å². The summed E-state index contributed by atoms with van der Waals surface area (Å²) in [5, 5.41) is 4.66. The normalized spacial score (nSPS) is 19.4. The molecule has 0 bridgehead atoms. The zero-order valence-electron chi connectivity index (χ0n) is 16.8. The van der Waals surface area contributed by atoms with Crippen molar-refractivity contribution in [1.29, 1.82) is 0 Å². The number of halogens is 1. The van der Waals surface area contributed by atoms with E-state index in [1.807, 2.05) is 47.4 Å². The molecule has 1 aliphatic carbocycles. The van der Waals surface area contributed by atoms with Crippen LogP contribution in [0, 0.1) is 5.82 Å². The topological polar surface area (TPSA) is 48.1 Å². The van der Waals surface area contributed by atoms with Gasteiger partial charge in [-0.25, -0.2) is 4.39 Å². The zero-order chi connectivity index (χ0) is 20.2. The summed E-state index contributed by atoms with van der Waals surface area (Å²) in [5.41, 5.74) is 2.74. The predicted octanol–water partition coefficient (Wildman–Crippen LogP) is 4.87. The lowest BCUT2D eigenvalue weighted by molar-refractivity contribution is 0.0623. The molecule has 0 radical (unpaired) electrons. The highest BCUT2D eigenvalue weighted by Gasteiger charge is 2.29. The van der Waals surface area contributed by atoms with E-state index in [-0.39, 0.29) is 17.8 Å². The summed E-state index contributed by atoms with van der Waals surface area (Å²) in [6.45, 7) is 3.47. The minimum Gasteiger partial charge on any atom is -0.351 e. The number of aromatic nitrogens is 1. The lowest BCUT2D eigenvalue weighted by atomic mass is 9.89. The Kier molecular flexibility index (Phi) is 5.95. The summed E-state index contributed by atoms with van der Waals surface area (Å²) < 4.78 is 13.1. The highest BCUT2D eigenvalue weighted by Crippen LogP contribution is 2.26. The van der Waals surface area contributed by atoms with Crippen LogP contribution in [-0.4, -0.2) is 34.4 Å². The Morgan fingerprint density at radius 3 is 2.72 bits per heavy atom. The largest absolute Gasteiger partial charge is 0.351 e. The van der Waals surface area contributed by atoms with Crippen LogP contribution in [0.3, 0.4) is 0 Å². The molecule has 0 unspecified atom stereocenters. The molecule has 1 aromatic heterocycles. The maximum atomic E-state index is 13.2. The molecule has 5 heteroatoms. The molecular weight excluding hydrogens is 365 g/mol. The summed E-state index contributed by atoms with van der Waals surface area (Å²) >= 11 is 0. The maximum absolute atomic E-state index is 13.2. The molecule has 1 fully saturated rings. The summed E-state index contributed by atoms with van der Waals surface area (Å²) in [7, 11) is 0. The van der Waals surface area contributed by atoms with E-state index in [2.05, 4.69) is 17.2 Å². The highest BCUT2D eigenvalue weighted by molar-refractivity contribution is 5.98. The number of para-hydroxylation sites is 1. The Hall–Kier alpha value is -2.66. The summed E-state index contributed by atoms with van der Waals surface area (Å²) in [6, 6.07) is 17.2. The van der Waals surface area contributed by atoms with Gasteiger partial charge in [0.1, 0.15) is 11.5 Å². The molecule has 0 aliphatic heterocycles. The Labute approximate surface area is 171 Å². The summed E-state index contributed by atoms with van der Waals surface area (Å²) in [6.07, 6.45) is 4.19. The molecule has 2 N–H and O–H groups in total. The lowest BCUT2D eigenvalue weighted by Gasteiger charge is -2.37. The molecule has 1 amide bonds. The number of nitrogens with zero attached hydrogens (tertiary/aromatic N) is 1. The first-order valence-corrected chi connectivity index (χ1v) is 10.5. The Morgan fingerprint density at radius 2 is 1.97 bits per heavy atom. The first kappa shape index (κ1) is 19.6. The van der Waals surface area contributed by atoms with Gasteiger partial charge in [-0.05, 0) is 62.4 Å². The van der Waals surface area contributed by atoms with Crippen LogP contribution < -0.4 is 5.32 Å². The molecule has 0 spiro atoms. The van der Waals surface area contributed by atoms with Crippen molar-refractivity contribution in [3.05, 3.63) is 71.7 Å². The van der Waals surface area contributed by atoms with Gasteiger partial charge in [0.05, 0.1) is 0 Å². The molecule has 2 aromatic carbocycles. The Morgan fingerprint density at radius 1 is 1.17 bits per heavy atom. The average Bonchev–Trinajstić information content (AvgIpc) is 3.18. The van der Waals surface area contributed by atoms with Crippen LogP contribution in [0.5, 0.6) is 0 Å². The molecule has 1 saturated carbocycles. The number of H-pyrrole nitrogens is 1. The SMILES string of the molecule is CCN(C(=O)c1cc2ccccc2[nH]1)[C@H]1CCC[C@@H](NCc2ccc(F)cc2)C1. The van der Waals surface area contributed by atoms with E-state index < -0.39 is 0 Å². The third-order valence-electron chi connectivity index (χ3n) is 5.96. The molecule has 29 heavy (non-hydrogen) atoms. The van der Waals surface area contributed by atoms with Crippen molar-refractivity contribution in [3.8, 4) is 0 Å². The van der Waals surface area contributed by atoms with E-state index in [1.54, 1.807) is 0 Å². The monoisotopic (exact) mass is 393 g/mol. The predicted molar refractivity (Wildman–Crippen MR) is 114 cm³/mol. The number of hydrogen-bond donors (Lipinski definition) is 2. The van der Waals surface area contributed by atoms with Gasteiger partial charge in [-0.1, -0.05) is 30.3 Å². The van der Waals surface area contributed by atoms with Gasteiger partial charge in [-0.3, -0.25) is 4.79 Å². The van der Waals surface area contributed by atoms with Crippen molar-refractivity contribution in [2.45, 2.75) is 51.2 Å². The van der Waals surface area contributed by atoms with Gasteiger partial charge >= 0.3 is 0 Å². The molecule has 4 rings (SSSR count). The van der Waals surface area contributed by atoms with Gasteiger partial charge in [0, 0.05) is 36.1 Å². The fourth-order valence-electron chi connectivity index (χ4n) is 4.41.